The summed E-state index contributed by atoms with van der Waals surface area (Å²) in [7, 11) is 0. The van der Waals surface area contributed by atoms with E-state index in [9.17, 15) is 22.0 Å². The van der Waals surface area contributed by atoms with Gasteiger partial charge in [0.1, 0.15) is 0 Å². The zero-order chi connectivity index (χ0) is 13.7. The Hall–Kier alpha value is -1.50. The van der Waals surface area contributed by atoms with Gasteiger partial charge in [-0.1, -0.05) is 6.07 Å². The molecule has 0 spiro atoms. The predicted molar refractivity (Wildman–Crippen MR) is 58.2 cm³/mol. The lowest BCUT2D eigenvalue weighted by atomic mass is 10.3. The van der Waals surface area contributed by atoms with Crippen molar-refractivity contribution in [1.29, 1.82) is 0 Å². The van der Waals surface area contributed by atoms with Gasteiger partial charge in [0.25, 0.3) is 0 Å². The minimum atomic E-state index is -2.16. The maximum absolute atomic E-state index is 12.4. The molecule has 0 fully saturated rings. The third-order valence-corrected chi connectivity index (χ3v) is 2.42. The van der Waals surface area contributed by atoms with Crippen LogP contribution in [0.2, 0.25) is 0 Å². The molecule has 1 aromatic carbocycles. The first kappa shape index (κ1) is 14.6. The Morgan fingerprint density at radius 2 is 1.06 bits per heavy atom. The van der Waals surface area contributed by atoms with Crippen LogP contribution in [0.4, 0.5) is 22.0 Å². The summed E-state index contributed by atoms with van der Waals surface area (Å²) in [6, 6.07) is 5.72. The molecular weight excluding hydrogens is 321 g/mol. The van der Waals surface area contributed by atoms with Crippen molar-refractivity contribution in [2.75, 3.05) is 0 Å². The molecule has 1 nitrogen and oxygen atoms in total. The van der Waals surface area contributed by atoms with Crippen LogP contribution in [-0.2, 0) is 0 Å². The molecule has 7 heteroatoms. The third-order valence-electron chi connectivity index (χ3n) is 1.72. The highest BCUT2D eigenvalue weighted by molar-refractivity contribution is 9.10. The van der Waals surface area contributed by atoms with E-state index in [0.717, 1.165) is 0 Å². The molecule has 18 heavy (non-hydrogen) atoms. The van der Waals surface area contributed by atoms with Gasteiger partial charge in [-0.15, -0.1) is 0 Å². The Balaban J connectivity index is 0.000000225. The molecule has 0 atom stereocenters. The van der Waals surface area contributed by atoms with E-state index in [2.05, 4.69) is 20.9 Å². The molecule has 0 amide bonds. The highest BCUT2D eigenvalue weighted by Gasteiger charge is 2.23. The predicted octanol–water partition coefficient (Wildman–Crippen LogP) is 4.23. The van der Waals surface area contributed by atoms with Crippen LogP contribution in [0.25, 0.3) is 0 Å². The van der Waals surface area contributed by atoms with Crippen molar-refractivity contribution in [2.45, 2.75) is 0 Å². The van der Waals surface area contributed by atoms with Crippen molar-refractivity contribution in [1.82, 2.24) is 4.98 Å². The monoisotopic (exact) mass is 325 g/mol. The summed E-state index contributed by atoms with van der Waals surface area (Å²) in [5, 5.41) is 0. The molecule has 0 aliphatic carbocycles. The lowest BCUT2D eigenvalue weighted by Gasteiger charge is -2.00. The molecule has 0 N–H and O–H groups in total. The number of hydrogen-bond acceptors (Lipinski definition) is 1. The Bertz CT molecular complexity index is 401. The van der Waals surface area contributed by atoms with Gasteiger partial charge in [-0.25, -0.2) is 22.0 Å². The van der Waals surface area contributed by atoms with Crippen molar-refractivity contribution < 1.29 is 22.0 Å². The second-order valence-corrected chi connectivity index (χ2v) is 3.70. The Morgan fingerprint density at radius 3 is 1.33 bits per heavy atom. The molecule has 96 valence electrons. The average molecular weight is 326 g/mol. The third kappa shape index (κ3) is 3.25. The maximum Gasteiger partial charge on any atom is 0.200 e. The summed E-state index contributed by atoms with van der Waals surface area (Å²) < 4.78 is 60.3. The Labute approximate surface area is 107 Å². The van der Waals surface area contributed by atoms with E-state index in [-0.39, 0.29) is 0 Å². The minimum absolute atomic E-state index is 1.06. The molecule has 0 aliphatic heterocycles. The van der Waals surface area contributed by atoms with Crippen molar-refractivity contribution in [3.05, 3.63) is 64.2 Å². The van der Waals surface area contributed by atoms with Gasteiger partial charge < -0.3 is 0 Å². The molecule has 0 unspecified atom stereocenters. The van der Waals surface area contributed by atoms with Crippen molar-refractivity contribution in [3.8, 4) is 0 Å². The lowest BCUT2D eigenvalue weighted by Crippen LogP contribution is -2.01. The van der Waals surface area contributed by atoms with E-state index in [1.165, 1.54) is 0 Å². The van der Waals surface area contributed by atoms with Crippen molar-refractivity contribution >= 4 is 15.9 Å². The SMILES string of the molecule is Fc1c(F)c(F)c(Br)c(F)c1F.c1ccncc1. The van der Waals surface area contributed by atoms with Gasteiger partial charge in [0.05, 0.1) is 4.47 Å². The highest BCUT2D eigenvalue weighted by atomic mass is 79.9. The van der Waals surface area contributed by atoms with Crippen LogP contribution < -0.4 is 0 Å². The molecule has 0 saturated carbocycles. The molecule has 1 aromatic heterocycles. The van der Waals surface area contributed by atoms with Crippen LogP contribution in [-0.4, -0.2) is 4.98 Å². The van der Waals surface area contributed by atoms with Crippen LogP contribution in [0.5, 0.6) is 0 Å². The lowest BCUT2D eigenvalue weighted by molar-refractivity contribution is 0.374. The molecule has 0 radical (unpaired) electrons. The van der Waals surface area contributed by atoms with E-state index >= 15 is 0 Å². The van der Waals surface area contributed by atoms with E-state index in [1.54, 1.807) is 12.4 Å². The summed E-state index contributed by atoms with van der Waals surface area (Å²) in [5.74, 6) is -9.81. The number of aromatic nitrogens is 1. The van der Waals surface area contributed by atoms with Crippen LogP contribution >= 0.6 is 15.9 Å². The summed E-state index contributed by atoms with van der Waals surface area (Å²) in [6.45, 7) is 0. The van der Waals surface area contributed by atoms with E-state index in [1.807, 2.05) is 18.2 Å². The number of hydrogen-bond donors (Lipinski definition) is 0. The standard InChI is InChI=1S/C6BrF5.C5H5N/c7-1-2(8)4(10)6(12)5(11)3(1)9;1-2-4-6-5-3-1/h;1-5H. The first-order valence-corrected chi connectivity index (χ1v) is 5.28. The maximum atomic E-state index is 12.4. The van der Waals surface area contributed by atoms with Gasteiger partial charge in [0.15, 0.2) is 23.3 Å². The summed E-state index contributed by atoms with van der Waals surface area (Å²) in [4.78, 5) is 3.78. The molecule has 0 saturated heterocycles. The van der Waals surface area contributed by atoms with Crippen LogP contribution in [0, 0.1) is 29.1 Å². The van der Waals surface area contributed by atoms with Crippen molar-refractivity contribution in [2.24, 2.45) is 0 Å². The summed E-state index contributed by atoms with van der Waals surface area (Å²) >= 11 is 2.22. The molecule has 2 aromatic rings. The fourth-order valence-corrected chi connectivity index (χ4v) is 1.24. The fraction of sp³-hybridized carbons (Fsp3) is 0. The van der Waals surface area contributed by atoms with E-state index in [0.29, 0.717) is 0 Å². The summed E-state index contributed by atoms with van der Waals surface area (Å²) in [6.07, 6.45) is 3.50. The fourth-order valence-electron chi connectivity index (χ4n) is 0.891. The highest BCUT2D eigenvalue weighted by Crippen LogP contribution is 2.26. The quantitative estimate of drug-likeness (QED) is 0.401. The zero-order valence-corrected chi connectivity index (χ0v) is 10.2. The minimum Gasteiger partial charge on any atom is -0.265 e. The second-order valence-electron chi connectivity index (χ2n) is 2.91. The average Bonchev–Trinajstić information content (AvgIpc) is 2.43. The molecule has 0 bridgehead atoms. The van der Waals surface area contributed by atoms with Gasteiger partial charge in [-0.3, -0.25) is 4.98 Å². The number of halogens is 6. The van der Waals surface area contributed by atoms with Gasteiger partial charge in [-0.05, 0) is 28.1 Å². The first-order valence-electron chi connectivity index (χ1n) is 4.48. The molecule has 1 heterocycles. The second kappa shape index (κ2) is 6.44. The number of benzene rings is 1. The van der Waals surface area contributed by atoms with Crippen molar-refractivity contribution in [3.63, 3.8) is 0 Å². The van der Waals surface area contributed by atoms with Gasteiger partial charge >= 0.3 is 0 Å². The largest absolute Gasteiger partial charge is 0.265 e. The van der Waals surface area contributed by atoms with Gasteiger partial charge in [-0.2, -0.15) is 0 Å². The Kier molecular flexibility index (Phi) is 5.21. The number of pyridine rings is 1. The van der Waals surface area contributed by atoms with Gasteiger partial charge in [0.2, 0.25) is 5.82 Å². The Morgan fingerprint density at radius 1 is 0.667 bits per heavy atom. The normalized spacial score (nSPS) is 9.67. The van der Waals surface area contributed by atoms with E-state index in [4.69, 9.17) is 0 Å². The first-order chi connectivity index (χ1) is 8.46. The molecule has 2 rings (SSSR count). The van der Waals surface area contributed by atoms with Gasteiger partial charge in [0, 0.05) is 12.4 Å². The number of rotatable bonds is 0. The number of nitrogens with zero attached hydrogens (tertiary/aromatic N) is 1. The molecular formula is C11H5BrF5N. The topological polar surface area (TPSA) is 12.9 Å². The van der Waals surface area contributed by atoms with Crippen LogP contribution in [0.3, 0.4) is 0 Å². The van der Waals surface area contributed by atoms with E-state index < -0.39 is 33.6 Å². The zero-order valence-electron chi connectivity index (χ0n) is 8.60. The summed E-state index contributed by atoms with van der Waals surface area (Å²) in [5.41, 5.74) is 0. The van der Waals surface area contributed by atoms with Crippen LogP contribution in [0.1, 0.15) is 0 Å². The molecule has 0 aliphatic rings. The smallest absolute Gasteiger partial charge is 0.200 e. The van der Waals surface area contributed by atoms with Crippen LogP contribution in [0.15, 0.2) is 35.1 Å².